The third-order valence-electron chi connectivity index (χ3n) is 2.61. The molecule has 1 aliphatic heterocycles. The van der Waals surface area contributed by atoms with Crippen LogP contribution in [0.3, 0.4) is 0 Å². The fourth-order valence-electron chi connectivity index (χ4n) is 1.81. The van der Waals surface area contributed by atoms with Gasteiger partial charge in [-0.2, -0.15) is 0 Å². The molecule has 1 rings (SSSR count). The predicted molar refractivity (Wildman–Crippen MR) is 67.6 cm³/mol. The van der Waals surface area contributed by atoms with E-state index in [4.69, 9.17) is 9.47 Å². The molecule has 1 fully saturated rings. The number of hydrogen-bond donors (Lipinski definition) is 0. The number of carbonyl (C=O) groups is 3. The van der Waals surface area contributed by atoms with Crippen molar-refractivity contribution in [3.05, 3.63) is 0 Å². The van der Waals surface area contributed by atoms with E-state index in [-0.39, 0.29) is 31.9 Å². The van der Waals surface area contributed by atoms with Crippen molar-refractivity contribution in [1.29, 1.82) is 0 Å². The summed E-state index contributed by atoms with van der Waals surface area (Å²) in [4.78, 5) is 36.2. The average molecular weight is 271 g/mol. The third kappa shape index (κ3) is 4.89. The number of nitrogens with zero attached hydrogens (tertiary/aromatic N) is 1. The van der Waals surface area contributed by atoms with Crippen molar-refractivity contribution in [2.45, 2.75) is 39.7 Å². The standard InChI is InChI=1S/C13H21NO5/c1-5-18-11(16)6-9-7-14(8-10(9)15)12(17)19-13(2,3)4/h9H,5-8H2,1-4H3. The molecule has 1 aliphatic rings. The van der Waals surface area contributed by atoms with Crippen LogP contribution in [0.25, 0.3) is 0 Å². The Morgan fingerprint density at radius 3 is 2.53 bits per heavy atom. The van der Waals surface area contributed by atoms with Crippen LogP contribution >= 0.6 is 0 Å². The molecule has 19 heavy (non-hydrogen) atoms. The van der Waals surface area contributed by atoms with Gasteiger partial charge in [-0.1, -0.05) is 0 Å². The van der Waals surface area contributed by atoms with Crippen LogP contribution in [0, 0.1) is 5.92 Å². The lowest BCUT2D eigenvalue weighted by molar-refractivity contribution is -0.145. The molecule has 1 heterocycles. The number of ketones is 1. The van der Waals surface area contributed by atoms with E-state index in [1.54, 1.807) is 27.7 Å². The summed E-state index contributed by atoms with van der Waals surface area (Å²) in [5.41, 5.74) is -0.598. The molecule has 6 heteroatoms. The normalized spacial score (nSPS) is 19.5. The van der Waals surface area contributed by atoms with Crippen molar-refractivity contribution in [1.82, 2.24) is 4.90 Å². The lowest BCUT2D eigenvalue weighted by Crippen LogP contribution is -2.35. The number of rotatable bonds is 3. The van der Waals surface area contributed by atoms with Gasteiger partial charge in [-0.25, -0.2) is 4.79 Å². The number of esters is 1. The monoisotopic (exact) mass is 271 g/mol. The summed E-state index contributed by atoms with van der Waals surface area (Å²) in [5, 5.41) is 0. The van der Waals surface area contributed by atoms with E-state index in [9.17, 15) is 14.4 Å². The summed E-state index contributed by atoms with van der Waals surface area (Å²) in [6.07, 6.45) is -0.501. The zero-order valence-corrected chi connectivity index (χ0v) is 11.9. The second kappa shape index (κ2) is 6.04. The zero-order chi connectivity index (χ0) is 14.6. The predicted octanol–water partition coefficient (Wildman–Crippen LogP) is 1.38. The van der Waals surface area contributed by atoms with Gasteiger partial charge in [-0.15, -0.1) is 0 Å². The van der Waals surface area contributed by atoms with Gasteiger partial charge in [0.2, 0.25) is 0 Å². The van der Waals surface area contributed by atoms with Crippen LogP contribution in [0.2, 0.25) is 0 Å². The Balaban J connectivity index is 2.52. The molecule has 6 nitrogen and oxygen atoms in total. The minimum Gasteiger partial charge on any atom is -0.466 e. The molecule has 0 saturated carbocycles. The molecule has 1 unspecified atom stereocenters. The van der Waals surface area contributed by atoms with E-state index in [1.807, 2.05) is 0 Å². The lowest BCUT2D eigenvalue weighted by Gasteiger charge is -2.23. The van der Waals surface area contributed by atoms with E-state index in [0.29, 0.717) is 0 Å². The Hall–Kier alpha value is -1.59. The van der Waals surface area contributed by atoms with Crippen LogP contribution in [0.5, 0.6) is 0 Å². The number of amides is 1. The van der Waals surface area contributed by atoms with E-state index >= 15 is 0 Å². The molecule has 0 aromatic heterocycles. The maximum Gasteiger partial charge on any atom is 0.410 e. The number of Topliss-reactive ketones (excluding diaryl/α,β-unsaturated/α-hetero) is 1. The van der Waals surface area contributed by atoms with E-state index < -0.39 is 23.6 Å². The minimum absolute atomic E-state index is 0.00101. The molecular formula is C13H21NO5. The summed E-state index contributed by atoms with van der Waals surface area (Å²) in [6, 6.07) is 0. The SMILES string of the molecule is CCOC(=O)CC1CN(C(=O)OC(C)(C)C)CC1=O. The molecule has 0 N–H and O–H groups in total. The Labute approximate surface area is 113 Å². The van der Waals surface area contributed by atoms with Crippen LogP contribution < -0.4 is 0 Å². The van der Waals surface area contributed by atoms with Gasteiger partial charge >= 0.3 is 12.1 Å². The smallest absolute Gasteiger partial charge is 0.410 e. The highest BCUT2D eigenvalue weighted by molar-refractivity contribution is 5.92. The van der Waals surface area contributed by atoms with Gasteiger partial charge in [-0.3, -0.25) is 9.59 Å². The van der Waals surface area contributed by atoms with Crippen LogP contribution in [-0.4, -0.2) is 48.0 Å². The molecule has 0 bridgehead atoms. The summed E-state index contributed by atoms with van der Waals surface area (Å²) in [6.45, 7) is 7.50. The Morgan fingerprint density at radius 2 is 2.00 bits per heavy atom. The number of carbonyl (C=O) groups excluding carboxylic acids is 3. The fourth-order valence-corrected chi connectivity index (χ4v) is 1.81. The first kappa shape index (κ1) is 15.5. The number of likely N-dealkylation sites (tertiary alicyclic amines) is 1. The van der Waals surface area contributed by atoms with E-state index in [0.717, 1.165) is 0 Å². The van der Waals surface area contributed by atoms with Crippen molar-refractivity contribution in [2.75, 3.05) is 19.7 Å². The first-order chi connectivity index (χ1) is 8.73. The highest BCUT2D eigenvalue weighted by atomic mass is 16.6. The van der Waals surface area contributed by atoms with E-state index in [2.05, 4.69) is 0 Å². The minimum atomic E-state index is -0.598. The number of hydrogen-bond acceptors (Lipinski definition) is 5. The Bertz CT molecular complexity index is 372. The molecular weight excluding hydrogens is 250 g/mol. The van der Waals surface area contributed by atoms with Gasteiger partial charge in [0.15, 0.2) is 5.78 Å². The van der Waals surface area contributed by atoms with Gasteiger partial charge in [0.05, 0.1) is 19.6 Å². The highest BCUT2D eigenvalue weighted by Gasteiger charge is 2.37. The molecule has 0 radical (unpaired) electrons. The van der Waals surface area contributed by atoms with Crippen LogP contribution in [0.15, 0.2) is 0 Å². The number of ether oxygens (including phenoxy) is 2. The molecule has 108 valence electrons. The van der Waals surface area contributed by atoms with Gasteiger partial charge < -0.3 is 14.4 Å². The Kier molecular flexibility index (Phi) is 4.91. The largest absolute Gasteiger partial charge is 0.466 e. The third-order valence-corrected chi connectivity index (χ3v) is 2.61. The molecule has 1 saturated heterocycles. The van der Waals surface area contributed by atoms with E-state index in [1.165, 1.54) is 4.90 Å². The van der Waals surface area contributed by atoms with Crippen molar-refractivity contribution in [3.63, 3.8) is 0 Å². The molecule has 1 atom stereocenters. The average Bonchev–Trinajstić information content (AvgIpc) is 2.58. The van der Waals surface area contributed by atoms with Gasteiger partial charge in [-0.05, 0) is 27.7 Å². The second-order valence-electron chi connectivity index (χ2n) is 5.53. The van der Waals surface area contributed by atoms with Gasteiger partial charge in [0.1, 0.15) is 5.60 Å². The quantitative estimate of drug-likeness (QED) is 0.725. The summed E-state index contributed by atoms with van der Waals surface area (Å²) in [5.74, 6) is -1.02. The first-order valence-corrected chi connectivity index (χ1v) is 6.39. The molecule has 0 aromatic rings. The van der Waals surface area contributed by atoms with Crippen molar-refractivity contribution in [2.24, 2.45) is 5.92 Å². The molecule has 0 aromatic carbocycles. The first-order valence-electron chi connectivity index (χ1n) is 6.39. The fraction of sp³-hybridized carbons (Fsp3) is 0.769. The molecule has 0 spiro atoms. The van der Waals surface area contributed by atoms with Gasteiger partial charge in [0.25, 0.3) is 0 Å². The summed E-state index contributed by atoms with van der Waals surface area (Å²) >= 11 is 0. The topological polar surface area (TPSA) is 72.9 Å². The van der Waals surface area contributed by atoms with Crippen LogP contribution in [-0.2, 0) is 19.1 Å². The van der Waals surface area contributed by atoms with Crippen molar-refractivity contribution < 1.29 is 23.9 Å². The van der Waals surface area contributed by atoms with Crippen LogP contribution in [0.1, 0.15) is 34.1 Å². The lowest BCUT2D eigenvalue weighted by atomic mass is 10.0. The van der Waals surface area contributed by atoms with Crippen LogP contribution in [0.4, 0.5) is 4.79 Å². The maximum atomic E-state index is 11.8. The maximum absolute atomic E-state index is 11.8. The zero-order valence-electron chi connectivity index (χ0n) is 11.9. The van der Waals surface area contributed by atoms with Crippen molar-refractivity contribution >= 4 is 17.8 Å². The highest BCUT2D eigenvalue weighted by Crippen LogP contribution is 2.19. The second-order valence-corrected chi connectivity index (χ2v) is 5.53. The summed E-state index contributed by atoms with van der Waals surface area (Å²) in [7, 11) is 0. The summed E-state index contributed by atoms with van der Waals surface area (Å²) < 4.78 is 9.99. The van der Waals surface area contributed by atoms with Gasteiger partial charge in [0, 0.05) is 12.5 Å². The molecule has 0 aliphatic carbocycles. The molecule has 1 amide bonds. The van der Waals surface area contributed by atoms with Crippen molar-refractivity contribution in [3.8, 4) is 0 Å². The Morgan fingerprint density at radius 1 is 1.37 bits per heavy atom.